The molecule has 6 nitrogen and oxygen atoms in total. The number of carbonyl (C=O) groups is 2. The Morgan fingerprint density at radius 1 is 1.26 bits per heavy atom. The lowest BCUT2D eigenvalue weighted by Gasteiger charge is -2.21. The Hall–Kier alpha value is -2.24. The van der Waals surface area contributed by atoms with Crippen LogP contribution in [-0.2, 0) is 14.3 Å². The molecule has 27 heavy (non-hydrogen) atoms. The van der Waals surface area contributed by atoms with Crippen molar-refractivity contribution in [3.8, 4) is 11.5 Å². The van der Waals surface area contributed by atoms with Crippen LogP contribution in [0.3, 0.4) is 0 Å². The number of carbonyl (C=O) groups excluding carboxylic acids is 2. The van der Waals surface area contributed by atoms with E-state index in [2.05, 4.69) is 13.8 Å². The monoisotopic (exact) mass is 377 g/mol. The van der Waals surface area contributed by atoms with E-state index in [-0.39, 0.29) is 11.8 Å². The lowest BCUT2D eigenvalue weighted by atomic mass is 9.90. The molecule has 1 aliphatic rings. The molecule has 150 valence electrons. The third-order valence-electron chi connectivity index (χ3n) is 4.99. The fraction of sp³-hybridized carbons (Fsp3) is 0.619. The van der Waals surface area contributed by atoms with Gasteiger partial charge in [0.2, 0.25) is 0 Å². The minimum Gasteiger partial charge on any atom is -0.493 e. The van der Waals surface area contributed by atoms with E-state index in [0.717, 1.165) is 29.9 Å². The van der Waals surface area contributed by atoms with Crippen LogP contribution in [0.25, 0.3) is 0 Å². The number of nitrogens with zero attached hydrogens (tertiary/aromatic N) is 1. The Morgan fingerprint density at radius 3 is 2.63 bits per heavy atom. The zero-order valence-corrected chi connectivity index (χ0v) is 17.0. The molecule has 1 fully saturated rings. The highest BCUT2D eigenvalue weighted by Gasteiger charge is 2.36. The molecule has 2 rings (SSSR count). The largest absolute Gasteiger partial charge is 0.493 e. The van der Waals surface area contributed by atoms with E-state index in [0.29, 0.717) is 25.6 Å². The first kappa shape index (κ1) is 21.1. The summed E-state index contributed by atoms with van der Waals surface area (Å²) in [6.07, 6.45) is 1.31. The van der Waals surface area contributed by atoms with Crippen LogP contribution in [0.5, 0.6) is 11.5 Å². The molecule has 0 radical (unpaired) electrons. The highest BCUT2D eigenvalue weighted by molar-refractivity contribution is 5.83. The van der Waals surface area contributed by atoms with E-state index in [4.69, 9.17) is 14.2 Å². The Balaban J connectivity index is 2.12. The SMILES string of the molecule is CCCCOc1cc(C2CN(C(=O)C(C)OC(C)=O)CC2C)ccc1OC. The van der Waals surface area contributed by atoms with Crippen LogP contribution in [0.15, 0.2) is 18.2 Å². The predicted molar refractivity (Wildman–Crippen MR) is 103 cm³/mol. The number of esters is 1. The summed E-state index contributed by atoms with van der Waals surface area (Å²) in [5, 5.41) is 0. The summed E-state index contributed by atoms with van der Waals surface area (Å²) < 4.78 is 16.3. The maximum Gasteiger partial charge on any atom is 0.303 e. The normalized spacial score (nSPS) is 20.3. The van der Waals surface area contributed by atoms with Crippen LogP contribution >= 0.6 is 0 Å². The third kappa shape index (κ3) is 5.37. The van der Waals surface area contributed by atoms with Crippen LogP contribution in [0, 0.1) is 5.92 Å². The van der Waals surface area contributed by atoms with Crippen molar-refractivity contribution in [2.24, 2.45) is 5.92 Å². The van der Waals surface area contributed by atoms with E-state index in [1.165, 1.54) is 6.92 Å². The van der Waals surface area contributed by atoms with Gasteiger partial charge in [0.1, 0.15) is 0 Å². The Labute approximate surface area is 161 Å². The minimum atomic E-state index is -0.753. The molecule has 1 heterocycles. The number of ether oxygens (including phenoxy) is 3. The first-order chi connectivity index (χ1) is 12.9. The molecule has 6 heteroatoms. The number of unbranched alkanes of at least 4 members (excludes halogenated alkanes) is 1. The zero-order chi connectivity index (χ0) is 20.0. The van der Waals surface area contributed by atoms with E-state index < -0.39 is 12.1 Å². The summed E-state index contributed by atoms with van der Waals surface area (Å²) >= 11 is 0. The summed E-state index contributed by atoms with van der Waals surface area (Å²) in [4.78, 5) is 25.4. The molecule has 0 N–H and O–H groups in total. The van der Waals surface area contributed by atoms with Crippen LogP contribution < -0.4 is 9.47 Å². The van der Waals surface area contributed by atoms with Crippen molar-refractivity contribution in [2.75, 3.05) is 26.8 Å². The highest BCUT2D eigenvalue weighted by atomic mass is 16.5. The summed E-state index contributed by atoms with van der Waals surface area (Å²) in [7, 11) is 1.64. The Bertz CT molecular complexity index is 660. The molecule has 1 saturated heterocycles. The lowest BCUT2D eigenvalue weighted by molar-refractivity contribution is -0.156. The quantitative estimate of drug-likeness (QED) is 0.513. The molecule has 1 aromatic carbocycles. The maximum atomic E-state index is 12.5. The molecule has 3 unspecified atom stereocenters. The summed E-state index contributed by atoms with van der Waals surface area (Å²) in [5.74, 6) is 1.38. The maximum absolute atomic E-state index is 12.5. The molecule has 0 bridgehead atoms. The first-order valence-electron chi connectivity index (χ1n) is 9.64. The van der Waals surface area contributed by atoms with Crippen molar-refractivity contribution in [2.45, 2.75) is 52.6 Å². The fourth-order valence-corrected chi connectivity index (χ4v) is 3.50. The van der Waals surface area contributed by atoms with Crippen molar-refractivity contribution in [3.63, 3.8) is 0 Å². The number of methoxy groups -OCH3 is 1. The highest BCUT2D eigenvalue weighted by Crippen LogP contribution is 2.37. The molecule has 3 atom stereocenters. The number of likely N-dealkylation sites (tertiary alicyclic amines) is 1. The average Bonchev–Trinajstić information content (AvgIpc) is 3.02. The van der Waals surface area contributed by atoms with Crippen LogP contribution in [0.1, 0.15) is 52.0 Å². The van der Waals surface area contributed by atoms with Crippen molar-refractivity contribution in [3.05, 3.63) is 23.8 Å². The number of amides is 1. The van der Waals surface area contributed by atoms with Crippen molar-refractivity contribution < 1.29 is 23.8 Å². The summed E-state index contributed by atoms with van der Waals surface area (Å²) in [6, 6.07) is 5.99. The van der Waals surface area contributed by atoms with Gasteiger partial charge in [-0.05, 0) is 37.0 Å². The molecule has 1 amide bonds. The van der Waals surface area contributed by atoms with E-state index in [1.54, 1.807) is 18.9 Å². The number of rotatable bonds is 8. The van der Waals surface area contributed by atoms with Crippen LogP contribution in [0.4, 0.5) is 0 Å². The first-order valence-corrected chi connectivity index (χ1v) is 9.64. The molecular formula is C21H31NO5. The molecule has 0 aliphatic carbocycles. The van der Waals surface area contributed by atoms with Gasteiger partial charge in [-0.1, -0.05) is 26.3 Å². The van der Waals surface area contributed by atoms with Gasteiger partial charge < -0.3 is 19.1 Å². The molecular weight excluding hydrogens is 346 g/mol. The smallest absolute Gasteiger partial charge is 0.303 e. The van der Waals surface area contributed by atoms with Gasteiger partial charge in [-0.15, -0.1) is 0 Å². The van der Waals surface area contributed by atoms with Gasteiger partial charge in [-0.2, -0.15) is 0 Å². The van der Waals surface area contributed by atoms with Crippen molar-refractivity contribution in [1.82, 2.24) is 4.90 Å². The zero-order valence-electron chi connectivity index (χ0n) is 17.0. The second kappa shape index (κ2) is 9.62. The van der Waals surface area contributed by atoms with Crippen LogP contribution in [0.2, 0.25) is 0 Å². The fourth-order valence-electron chi connectivity index (χ4n) is 3.50. The second-order valence-corrected chi connectivity index (χ2v) is 7.19. The van der Waals surface area contributed by atoms with E-state index in [1.807, 2.05) is 18.2 Å². The molecule has 0 saturated carbocycles. The number of benzene rings is 1. The van der Waals surface area contributed by atoms with E-state index >= 15 is 0 Å². The third-order valence-corrected chi connectivity index (χ3v) is 4.99. The van der Waals surface area contributed by atoms with Crippen molar-refractivity contribution >= 4 is 11.9 Å². The van der Waals surface area contributed by atoms with Crippen LogP contribution in [-0.4, -0.2) is 49.7 Å². The van der Waals surface area contributed by atoms with Gasteiger partial charge in [0, 0.05) is 25.9 Å². The Kier molecular flexibility index (Phi) is 7.51. The summed E-state index contributed by atoms with van der Waals surface area (Å²) in [6.45, 7) is 9.10. The van der Waals surface area contributed by atoms with Crippen molar-refractivity contribution in [1.29, 1.82) is 0 Å². The standard InChI is InChI=1S/C21H31NO5/c1-6-7-10-26-20-11-17(8-9-19(20)25-5)18-13-22(12-14(18)2)21(24)15(3)27-16(4)23/h8-9,11,14-15,18H,6-7,10,12-13H2,1-5H3. The average molecular weight is 377 g/mol. The molecule has 1 aliphatic heterocycles. The Morgan fingerprint density at radius 2 is 2.00 bits per heavy atom. The topological polar surface area (TPSA) is 65.1 Å². The molecule has 1 aromatic rings. The van der Waals surface area contributed by atoms with E-state index in [9.17, 15) is 9.59 Å². The van der Waals surface area contributed by atoms with Gasteiger partial charge >= 0.3 is 5.97 Å². The van der Waals surface area contributed by atoms with Gasteiger partial charge in [-0.3, -0.25) is 9.59 Å². The predicted octanol–water partition coefficient (Wildman–Crippen LogP) is 3.39. The molecule has 0 spiro atoms. The lowest BCUT2D eigenvalue weighted by Crippen LogP contribution is -2.38. The molecule has 0 aromatic heterocycles. The minimum absolute atomic E-state index is 0.146. The number of hydrogen-bond acceptors (Lipinski definition) is 5. The second-order valence-electron chi connectivity index (χ2n) is 7.19. The van der Waals surface area contributed by atoms with Gasteiger partial charge in [-0.25, -0.2) is 0 Å². The van der Waals surface area contributed by atoms with Gasteiger partial charge in [0.05, 0.1) is 13.7 Å². The number of hydrogen-bond donors (Lipinski definition) is 0. The summed E-state index contributed by atoms with van der Waals surface area (Å²) in [5.41, 5.74) is 1.13. The van der Waals surface area contributed by atoms with Gasteiger partial charge in [0.15, 0.2) is 17.6 Å². The van der Waals surface area contributed by atoms with Gasteiger partial charge in [0.25, 0.3) is 5.91 Å².